The zero-order valence-corrected chi connectivity index (χ0v) is 21.6. The van der Waals surface area contributed by atoms with E-state index >= 15 is 0 Å². The number of ether oxygens (including phenoxy) is 2. The molecule has 0 amide bonds. The van der Waals surface area contributed by atoms with E-state index in [4.69, 9.17) is 15.2 Å². The van der Waals surface area contributed by atoms with Crippen LogP contribution in [0, 0.1) is 0 Å². The van der Waals surface area contributed by atoms with Crippen molar-refractivity contribution in [2.24, 2.45) is 0 Å². The number of nitrogens with two attached hydrogens (primary N) is 1. The summed E-state index contributed by atoms with van der Waals surface area (Å²) in [5.41, 5.74) is 7.20. The van der Waals surface area contributed by atoms with Crippen LogP contribution in [0.5, 0.6) is 11.5 Å². The van der Waals surface area contributed by atoms with Gasteiger partial charge in [0, 0.05) is 34.1 Å². The van der Waals surface area contributed by atoms with E-state index in [0.717, 1.165) is 15.5 Å². The molecule has 1 aromatic carbocycles. The summed E-state index contributed by atoms with van der Waals surface area (Å²) in [6.45, 7) is 5.66. The molecule has 0 atom stereocenters. The molecule has 3 aromatic heterocycles. The molecule has 5 rings (SSSR count). The summed E-state index contributed by atoms with van der Waals surface area (Å²) < 4.78 is 41.0. The highest BCUT2D eigenvalue weighted by atomic mass is 32.2. The fraction of sp³-hybridized carbons (Fsp3) is 0.333. The number of fused-ring (bicyclic) bond motifs is 2. The van der Waals surface area contributed by atoms with Crippen molar-refractivity contribution in [3.8, 4) is 22.1 Å². The minimum atomic E-state index is -3.56. The van der Waals surface area contributed by atoms with Crippen LogP contribution in [0.15, 0.2) is 40.1 Å². The second-order valence-corrected chi connectivity index (χ2v) is 12.5. The first-order valence-electron chi connectivity index (χ1n) is 10.6. The van der Waals surface area contributed by atoms with E-state index in [1.165, 1.54) is 29.4 Å². The fourth-order valence-corrected chi connectivity index (χ4v) is 6.82. The van der Waals surface area contributed by atoms with Crippen molar-refractivity contribution < 1.29 is 17.9 Å². The Bertz CT molecular complexity index is 1500. The van der Waals surface area contributed by atoms with Crippen molar-refractivity contribution in [2.45, 2.75) is 42.9 Å². The molecule has 0 unspecified atom stereocenters. The quantitative estimate of drug-likeness (QED) is 0.363. The van der Waals surface area contributed by atoms with Crippen LogP contribution in [0.1, 0.15) is 20.8 Å². The van der Waals surface area contributed by atoms with Gasteiger partial charge in [0.25, 0.3) is 0 Å². The third-order valence-electron chi connectivity index (χ3n) is 4.91. The van der Waals surface area contributed by atoms with E-state index in [9.17, 15) is 8.42 Å². The number of anilines is 1. The van der Waals surface area contributed by atoms with E-state index in [0.29, 0.717) is 27.8 Å². The van der Waals surface area contributed by atoms with Crippen LogP contribution in [-0.4, -0.2) is 51.0 Å². The van der Waals surface area contributed by atoms with Crippen molar-refractivity contribution >= 4 is 50.1 Å². The number of sulfonamides is 1. The molecule has 35 heavy (non-hydrogen) atoms. The van der Waals surface area contributed by atoms with Gasteiger partial charge < -0.3 is 19.8 Å². The van der Waals surface area contributed by atoms with Crippen LogP contribution >= 0.6 is 23.1 Å². The topological polar surface area (TPSA) is 147 Å². The number of imidazole rings is 1. The van der Waals surface area contributed by atoms with Gasteiger partial charge in [0.1, 0.15) is 11.3 Å². The third-order valence-corrected chi connectivity index (χ3v) is 8.41. The predicted octanol–water partition coefficient (Wildman–Crippen LogP) is 3.13. The number of hydrogen-bond acceptors (Lipinski definition) is 11. The highest BCUT2D eigenvalue weighted by Crippen LogP contribution is 2.45. The molecule has 0 bridgehead atoms. The van der Waals surface area contributed by atoms with Crippen LogP contribution in [-0.2, 0) is 16.6 Å². The molecule has 0 saturated carbocycles. The van der Waals surface area contributed by atoms with Crippen LogP contribution in [0.4, 0.5) is 5.82 Å². The Morgan fingerprint density at radius 3 is 2.69 bits per heavy atom. The lowest BCUT2D eigenvalue weighted by atomic mass is 10.1. The van der Waals surface area contributed by atoms with Crippen LogP contribution in [0.25, 0.3) is 21.7 Å². The van der Waals surface area contributed by atoms with Gasteiger partial charge in [-0.25, -0.2) is 33.1 Å². The second-order valence-electron chi connectivity index (χ2n) is 8.79. The second kappa shape index (κ2) is 8.93. The minimum Gasteiger partial charge on any atom is -0.454 e. The van der Waals surface area contributed by atoms with Gasteiger partial charge in [-0.1, -0.05) is 11.8 Å². The maximum Gasteiger partial charge on any atom is 0.231 e. The van der Waals surface area contributed by atoms with Gasteiger partial charge in [-0.15, -0.1) is 11.3 Å². The van der Waals surface area contributed by atoms with Crippen molar-refractivity contribution in [3.05, 3.63) is 30.0 Å². The zero-order valence-electron chi connectivity index (χ0n) is 19.2. The van der Waals surface area contributed by atoms with Crippen LogP contribution in [0.3, 0.4) is 0 Å². The summed E-state index contributed by atoms with van der Waals surface area (Å²) >= 11 is 2.85. The maximum absolute atomic E-state index is 12.7. The normalized spacial score (nSPS) is 13.6. The Morgan fingerprint density at radius 1 is 1.20 bits per heavy atom. The average molecular weight is 534 g/mol. The monoisotopic (exact) mass is 533 g/mol. The molecule has 0 saturated heterocycles. The number of aromatic nitrogens is 5. The molecular formula is C21H23N7O4S3. The van der Waals surface area contributed by atoms with Gasteiger partial charge in [-0.3, -0.25) is 0 Å². The first-order chi connectivity index (χ1) is 16.6. The Hall–Kier alpha value is -2.94. The zero-order chi connectivity index (χ0) is 24.8. The highest BCUT2D eigenvalue weighted by molar-refractivity contribution is 7.99. The van der Waals surface area contributed by atoms with Gasteiger partial charge >= 0.3 is 0 Å². The number of thiazole rings is 1. The lowest BCUT2D eigenvalue weighted by Gasteiger charge is -2.20. The third kappa shape index (κ3) is 5.05. The molecule has 0 aliphatic carbocycles. The van der Waals surface area contributed by atoms with Crippen molar-refractivity contribution in [1.29, 1.82) is 0 Å². The largest absolute Gasteiger partial charge is 0.454 e. The Morgan fingerprint density at radius 2 is 1.97 bits per heavy atom. The Labute approximate surface area is 210 Å². The van der Waals surface area contributed by atoms with E-state index in [1.807, 2.05) is 17.5 Å². The smallest absolute Gasteiger partial charge is 0.231 e. The molecule has 1 aliphatic rings. The molecule has 4 heterocycles. The number of rotatable bonds is 7. The number of nitrogens with zero attached hydrogens (tertiary/aromatic N) is 5. The van der Waals surface area contributed by atoms with Gasteiger partial charge in [0.15, 0.2) is 33.6 Å². The molecule has 0 spiro atoms. The molecule has 14 heteroatoms. The first kappa shape index (κ1) is 23.8. The average Bonchev–Trinajstić information content (AvgIpc) is 3.50. The Balaban J connectivity index is 1.56. The fourth-order valence-electron chi connectivity index (χ4n) is 3.57. The number of nitrogen functional groups attached to an aromatic ring is 1. The van der Waals surface area contributed by atoms with Gasteiger partial charge in [0.2, 0.25) is 16.8 Å². The lowest BCUT2D eigenvalue weighted by Crippen LogP contribution is -2.42. The highest BCUT2D eigenvalue weighted by Gasteiger charge is 2.25. The first-order valence-corrected chi connectivity index (χ1v) is 13.9. The maximum atomic E-state index is 12.7. The van der Waals surface area contributed by atoms with Crippen molar-refractivity contribution in [3.63, 3.8) is 0 Å². The number of nitrogens with one attached hydrogen (secondary N) is 1. The van der Waals surface area contributed by atoms with Crippen molar-refractivity contribution in [2.75, 3.05) is 18.3 Å². The van der Waals surface area contributed by atoms with Gasteiger partial charge in [-0.2, -0.15) is 0 Å². The van der Waals surface area contributed by atoms with Gasteiger partial charge in [0.05, 0.1) is 5.75 Å². The number of benzene rings is 1. The number of aryl methyl sites for hydroxylation is 1. The van der Waals surface area contributed by atoms with E-state index in [1.54, 1.807) is 31.5 Å². The standard InChI is InChI=1S/C21H23N7O4S3/c1-21(2,3)27-35(29,30)7-5-28-18-16(17(22)24-10-25-18)26-20(28)34-15-9-14-13(31-11-32-14)8-12(15)19-23-4-6-33-19/h4,6,8-10,27H,5,7,11H2,1-3H3,(H2,22,24,25). The summed E-state index contributed by atoms with van der Waals surface area (Å²) in [6, 6.07) is 3.77. The molecular weight excluding hydrogens is 510 g/mol. The molecule has 0 fully saturated rings. The van der Waals surface area contributed by atoms with E-state index in [2.05, 4.69) is 24.7 Å². The summed E-state index contributed by atoms with van der Waals surface area (Å²) in [7, 11) is -3.56. The Kier molecular flexibility index (Phi) is 6.07. The predicted molar refractivity (Wildman–Crippen MR) is 134 cm³/mol. The van der Waals surface area contributed by atoms with E-state index in [-0.39, 0.29) is 24.9 Å². The minimum absolute atomic E-state index is 0.123. The van der Waals surface area contributed by atoms with Crippen LogP contribution < -0.4 is 19.9 Å². The summed E-state index contributed by atoms with van der Waals surface area (Å²) in [5.74, 6) is 1.32. The summed E-state index contributed by atoms with van der Waals surface area (Å²) in [6.07, 6.45) is 3.07. The van der Waals surface area contributed by atoms with E-state index < -0.39 is 15.6 Å². The lowest BCUT2D eigenvalue weighted by molar-refractivity contribution is 0.174. The molecule has 184 valence electrons. The number of hydrogen-bond donors (Lipinski definition) is 2. The summed E-state index contributed by atoms with van der Waals surface area (Å²) in [4.78, 5) is 18.3. The van der Waals surface area contributed by atoms with Crippen molar-refractivity contribution in [1.82, 2.24) is 29.2 Å². The van der Waals surface area contributed by atoms with Crippen LogP contribution in [0.2, 0.25) is 0 Å². The molecule has 4 aromatic rings. The molecule has 0 radical (unpaired) electrons. The molecule has 11 nitrogen and oxygen atoms in total. The molecule has 1 aliphatic heterocycles. The van der Waals surface area contributed by atoms with Gasteiger partial charge in [-0.05, 0) is 32.9 Å². The molecule has 3 N–H and O–H groups in total. The summed E-state index contributed by atoms with van der Waals surface area (Å²) in [5, 5.41) is 3.23. The SMILES string of the molecule is CC(C)(C)NS(=O)(=O)CCn1c(Sc2cc3c(cc2-c2nccs2)OCO3)nc2c(N)ncnc21.